The van der Waals surface area contributed by atoms with E-state index in [-0.39, 0.29) is 12.4 Å². The molecule has 2 N–H and O–H groups in total. The molecule has 0 aliphatic carbocycles. The fourth-order valence-corrected chi connectivity index (χ4v) is 2.92. The highest BCUT2D eigenvalue weighted by Crippen LogP contribution is 2.22. The van der Waals surface area contributed by atoms with Crippen molar-refractivity contribution in [1.82, 2.24) is 4.90 Å². The lowest BCUT2D eigenvalue weighted by molar-refractivity contribution is 0.202. The van der Waals surface area contributed by atoms with Gasteiger partial charge in [0.15, 0.2) is 0 Å². The molecule has 5 heteroatoms. The highest BCUT2D eigenvalue weighted by atomic mass is 79.9. The molecule has 108 valence electrons. The summed E-state index contributed by atoms with van der Waals surface area (Å²) in [6.45, 7) is 5.89. The molecule has 19 heavy (non-hydrogen) atoms. The van der Waals surface area contributed by atoms with Crippen LogP contribution >= 0.6 is 28.3 Å². The van der Waals surface area contributed by atoms with Crippen LogP contribution in [0.4, 0.5) is 0 Å². The molecule has 1 aliphatic heterocycles. The van der Waals surface area contributed by atoms with Gasteiger partial charge in [-0.25, -0.2) is 0 Å². The molecular formula is C14H22BrClN2O. The molecule has 2 atom stereocenters. The molecule has 1 aliphatic rings. The molecule has 1 aromatic carbocycles. The lowest BCUT2D eigenvalue weighted by Gasteiger charge is -2.21. The smallest absolute Gasteiger partial charge is 0.120 e. The Bertz CT molecular complexity index is 391. The Labute approximate surface area is 130 Å². The fraction of sp³-hybridized carbons (Fsp3) is 0.571. The summed E-state index contributed by atoms with van der Waals surface area (Å²) in [5, 5.41) is 0. The molecule has 1 saturated heterocycles. The number of benzene rings is 1. The maximum atomic E-state index is 5.76. The maximum absolute atomic E-state index is 5.76. The van der Waals surface area contributed by atoms with E-state index < -0.39 is 0 Å². The van der Waals surface area contributed by atoms with Gasteiger partial charge in [-0.15, -0.1) is 12.4 Å². The highest BCUT2D eigenvalue weighted by molar-refractivity contribution is 9.10. The number of likely N-dealkylation sites (tertiary alicyclic amines) is 1. The quantitative estimate of drug-likeness (QED) is 0.888. The normalized spacial score (nSPS) is 23.1. The first-order valence-corrected chi connectivity index (χ1v) is 7.31. The van der Waals surface area contributed by atoms with Crippen molar-refractivity contribution in [1.29, 1.82) is 0 Å². The van der Waals surface area contributed by atoms with Gasteiger partial charge in [0.2, 0.25) is 0 Å². The Balaban J connectivity index is 0.00000180. The third-order valence-corrected chi connectivity index (χ3v) is 4.06. The van der Waals surface area contributed by atoms with Crippen LogP contribution in [0.3, 0.4) is 0 Å². The second kappa shape index (κ2) is 8.10. The predicted octanol–water partition coefficient (Wildman–Crippen LogP) is 2.92. The molecule has 1 heterocycles. The van der Waals surface area contributed by atoms with Crippen molar-refractivity contribution in [2.45, 2.75) is 19.4 Å². The average Bonchev–Trinajstić information content (AvgIpc) is 2.71. The summed E-state index contributed by atoms with van der Waals surface area (Å²) in [6.07, 6.45) is 1.22. The van der Waals surface area contributed by atoms with Crippen molar-refractivity contribution < 1.29 is 4.74 Å². The molecule has 0 bridgehead atoms. The van der Waals surface area contributed by atoms with Crippen LogP contribution in [0.5, 0.6) is 5.75 Å². The summed E-state index contributed by atoms with van der Waals surface area (Å²) in [4.78, 5) is 2.47. The number of rotatable bonds is 5. The minimum absolute atomic E-state index is 0. The minimum atomic E-state index is 0. The van der Waals surface area contributed by atoms with E-state index in [9.17, 15) is 0 Å². The number of halogens is 2. The molecule has 3 nitrogen and oxygen atoms in total. The van der Waals surface area contributed by atoms with Gasteiger partial charge in [-0.05, 0) is 44.0 Å². The first-order chi connectivity index (χ1) is 8.69. The van der Waals surface area contributed by atoms with Crippen LogP contribution in [0.1, 0.15) is 13.3 Å². The third-order valence-electron chi connectivity index (χ3n) is 3.57. The van der Waals surface area contributed by atoms with Crippen molar-refractivity contribution in [3.8, 4) is 5.75 Å². The standard InChI is InChI=1S/C14H21BrN2O.ClH/c1-11-7-12(9-16)10-17(11)5-6-18-14-4-2-3-13(15)8-14;/h2-4,8,11-12H,5-7,9-10,16H2,1H3;1H. The van der Waals surface area contributed by atoms with Crippen LogP contribution in [-0.2, 0) is 0 Å². The molecule has 0 saturated carbocycles. The largest absolute Gasteiger partial charge is 0.492 e. The van der Waals surface area contributed by atoms with Crippen LogP contribution in [0, 0.1) is 5.92 Å². The summed E-state index contributed by atoms with van der Waals surface area (Å²) in [6, 6.07) is 8.60. The Morgan fingerprint density at radius 2 is 2.26 bits per heavy atom. The Hall–Kier alpha value is -0.290. The molecule has 0 spiro atoms. The molecule has 0 aromatic heterocycles. The molecular weight excluding hydrogens is 328 g/mol. The van der Waals surface area contributed by atoms with Crippen LogP contribution in [-0.4, -0.2) is 37.2 Å². The van der Waals surface area contributed by atoms with Gasteiger partial charge >= 0.3 is 0 Å². The van der Waals surface area contributed by atoms with Crippen molar-refractivity contribution in [2.75, 3.05) is 26.2 Å². The van der Waals surface area contributed by atoms with Gasteiger partial charge in [0.1, 0.15) is 12.4 Å². The van der Waals surface area contributed by atoms with Gasteiger partial charge < -0.3 is 10.5 Å². The zero-order chi connectivity index (χ0) is 13.0. The number of ether oxygens (including phenoxy) is 1. The number of nitrogens with two attached hydrogens (primary N) is 1. The van der Waals surface area contributed by atoms with E-state index >= 15 is 0 Å². The molecule has 0 radical (unpaired) electrons. The molecule has 1 fully saturated rings. The van der Waals surface area contributed by atoms with E-state index in [0.717, 1.165) is 36.5 Å². The Morgan fingerprint density at radius 1 is 1.47 bits per heavy atom. The summed E-state index contributed by atoms with van der Waals surface area (Å²) in [5.74, 6) is 1.58. The zero-order valence-corrected chi connectivity index (χ0v) is 13.6. The van der Waals surface area contributed by atoms with Crippen molar-refractivity contribution in [2.24, 2.45) is 11.7 Å². The van der Waals surface area contributed by atoms with Gasteiger partial charge in [0.25, 0.3) is 0 Å². The minimum Gasteiger partial charge on any atom is -0.492 e. The van der Waals surface area contributed by atoms with Crippen molar-refractivity contribution in [3.05, 3.63) is 28.7 Å². The van der Waals surface area contributed by atoms with E-state index in [4.69, 9.17) is 10.5 Å². The number of nitrogens with zero attached hydrogens (tertiary/aromatic N) is 1. The molecule has 1 aromatic rings. The molecule has 2 unspecified atom stereocenters. The van der Waals surface area contributed by atoms with E-state index in [1.165, 1.54) is 6.42 Å². The topological polar surface area (TPSA) is 38.5 Å². The van der Waals surface area contributed by atoms with E-state index in [1.807, 2.05) is 24.3 Å². The van der Waals surface area contributed by atoms with Gasteiger partial charge in [-0.2, -0.15) is 0 Å². The van der Waals surface area contributed by atoms with Crippen LogP contribution in [0.25, 0.3) is 0 Å². The van der Waals surface area contributed by atoms with Crippen molar-refractivity contribution >= 4 is 28.3 Å². The Morgan fingerprint density at radius 3 is 2.89 bits per heavy atom. The van der Waals surface area contributed by atoms with Crippen LogP contribution < -0.4 is 10.5 Å². The Kier molecular flexibility index (Phi) is 7.15. The van der Waals surface area contributed by atoms with Crippen LogP contribution in [0.2, 0.25) is 0 Å². The number of hydrogen-bond donors (Lipinski definition) is 1. The third kappa shape index (κ3) is 4.95. The number of hydrogen-bond acceptors (Lipinski definition) is 3. The lowest BCUT2D eigenvalue weighted by Crippen LogP contribution is -2.32. The SMILES string of the molecule is CC1CC(CN)CN1CCOc1cccc(Br)c1.Cl. The lowest BCUT2D eigenvalue weighted by atomic mass is 10.1. The predicted molar refractivity (Wildman–Crippen MR) is 85.1 cm³/mol. The highest BCUT2D eigenvalue weighted by Gasteiger charge is 2.27. The average molecular weight is 350 g/mol. The monoisotopic (exact) mass is 348 g/mol. The maximum Gasteiger partial charge on any atom is 0.120 e. The van der Waals surface area contributed by atoms with Gasteiger partial charge in [-0.3, -0.25) is 4.90 Å². The first kappa shape index (κ1) is 16.8. The summed E-state index contributed by atoms with van der Waals surface area (Å²) in [5.41, 5.74) is 5.73. The van der Waals surface area contributed by atoms with Crippen LogP contribution in [0.15, 0.2) is 28.7 Å². The summed E-state index contributed by atoms with van der Waals surface area (Å²) >= 11 is 3.44. The molecule has 0 amide bonds. The first-order valence-electron chi connectivity index (χ1n) is 6.51. The summed E-state index contributed by atoms with van der Waals surface area (Å²) in [7, 11) is 0. The van der Waals surface area contributed by atoms with E-state index in [1.54, 1.807) is 0 Å². The van der Waals surface area contributed by atoms with Crippen molar-refractivity contribution in [3.63, 3.8) is 0 Å². The summed E-state index contributed by atoms with van der Waals surface area (Å²) < 4.78 is 6.82. The van der Waals surface area contributed by atoms with Gasteiger partial charge in [0.05, 0.1) is 0 Å². The fourth-order valence-electron chi connectivity index (χ4n) is 2.54. The van der Waals surface area contributed by atoms with E-state index in [0.29, 0.717) is 12.0 Å². The van der Waals surface area contributed by atoms with Gasteiger partial charge in [-0.1, -0.05) is 22.0 Å². The molecule has 2 rings (SSSR count). The van der Waals surface area contributed by atoms with E-state index in [2.05, 4.69) is 27.8 Å². The zero-order valence-electron chi connectivity index (χ0n) is 11.2. The van der Waals surface area contributed by atoms with Gasteiger partial charge in [0, 0.05) is 23.6 Å². The second-order valence-corrected chi connectivity index (χ2v) is 5.90. The second-order valence-electron chi connectivity index (χ2n) is 4.99.